The van der Waals surface area contributed by atoms with Crippen LogP contribution in [0.4, 0.5) is 0 Å². The Labute approximate surface area is 132 Å². The van der Waals surface area contributed by atoms with E-state index in [1.807, 2.05) is 11.3 Å². The van der Waals surface area contributed by atoms with Crippen molar-refractivity contribution >= 4 is 11.3 Å². The van der Waals surface area contributed by atoms with E-state index in [-0.39, 0.29) is 11.0 Å². The van der Waals surface area contributed by atoms with Gasteiger partial charge >= 0.3 is 0 Å². The van der Waals surface area contributed by atoms with Gasteiger partial charge in [-0.05, 0) is 37.1 Å². The zero-order chi connectivity index (χ0) is 14.8. The van der Waals surface area contributed by atoms with Gasteiger partial charge in [0, 0.05) is 42.7 Å². The van der Waals surface area contributed by atoms with Gasteiger partial charge in [-0.1, -0.05) is 19.9 Å². The van der Waals surface area contributed by atoms with Gasteiger partial charge in [-0.25, -0.2) is 0 Å². The van der Waals surface area contributed by atoms with E-state index < -0.39 is 0 Å². The van der Waals surface area contributed by atoms with Gasteiger partial charge in [0.25, 0.3) is 0 Å². The molecule has 1 unspecified atom stereocenters. The van der Waals surface area contributed by atoms with Crippen LogP contribution in [0.1, 0.15) is 44.4 Å². The molecule has 1 N–H and O–H groups in total. The minimum absolute atomic E-state index is 0.0846. The van der Waals surface area contributed by atoms with Crippen molar-refractivity contribution in [3.8, 4) is 0 Å². The maximum atomic E-state index is 6.12. The molecule has 0 bridgehead atoms. The first-order valence-corrected chi connectivity index (χ1v) is 8.97. The summed E-state index contributed by atoms with van der Waals surface area (Å²) in [5.41, 5.74) is 0.288. The average Bonchev–Trinajstić information content (AvgIpc) is 3.01. The number of nitrogens with one attached hydrogen (secondary N) is 1. The second-order valence-electron chi connectivity index (χ2n) is 7.08. The summed E-state index contributed by atoms with van der Waals surface area (Å²) in [5.74, 6) is 0. The van der Waals surface area contributed by atoms with Gasteiger partial charge in [-0.3, -0.25) is 0 Å². The quantitative estimate of drug-likeness (QED) is 0.925. The first-order valence-electron chi connectivity index (χ1n) is 8.09. The predicted molar refractivity (Wildman–Crippen MR) is 87.1 cm³/mol. The van der Waals surface area contributed by atoms with Crippen molar-refractivity contribution in [2.45, 2.75) is 56.6 Å². The molecule has 2 aliphatic rings. The average molecular weight is 309 g/mol. The SMILES string of the molecule is CC(C)(CNC1CCOC2(CCOCC2)C1)c1cccs1. The summed E-state index contributed by atoms with van der Waals surface area (Å²) < 4.78 is 11.6. The van der Waals surface area contributed by atoms with Crippen LogP contribution in [0.2, 0.25) is 0 Å². The van der Waals surface area contributed by atoms with E-state index in [9.17, 15) is 0 Å². The Kier molecular flexibility index (Phi) is 4.69. The lowest BCUT2D eigenvalue weighted by Gasteiger charge is -2.44. The summed E-state index contributed by atoms with van der Waals surface area (Å²) in [7, 11) is 0. The Morgan fingerprint density at radius 3 is 2.86 bits per heavy atom. The normalized spacial score (nSPS) is 26.1. The fourth-order valence-electron chi connectivity index (χ4n) is 3.44. The van der Waals surface area contributed by atoms with Gasteiger partial charge in [0.1, 0.15) is 0 Å². The van der Waals surface area contributed by atoms with Gasteiger partial charge in [-0.2, -0.15) is 0 Å². The molecule has 3 rings (SSSR count). The third-order valence-corrected chi connectivity index (χ3v) is 6.15. The molecule has 0 amide bonds. The number of hydrogen-bond donors (Lipinski definition) is 1. The van der Waals surface area contributed by atoms with Crippen molar-refractivity contribution in [2.24, 2.45) is 0 Å². The molecule has 4 heteroatoms. The maximum Gasteiger partial charge on any atom is 0.0741 e. The van der Waals surface area contributed by atoms with Crippen LogP contribution in [0.5, 0.6) is 0 Å². The Morgan fingerprint density at radius 2 is 2.14 bits per heavy atom. The highest BCUT2D eigenvalue weighted by Gasteiger charge is 2.39. The molecule has 118 valence electrons. The van der Waals surface area contributed by atoms with E-state index in [2.05, 4.69) is 36.7 Å². The Bertz CT molecular complexity index is 432. The number of thiophene rings is 1. The summed E-state index contributed by atoms with van der Waals surface area (Å²) in [5, 5.41) is 5.98. The van der Waals surface area contributed by atoms with Crippen LogP contribution >= 0.6 is 11.3 Å². The Balaban J connectivity index is 1.55. The molecule has 1 spiro atoms. The second kappa shape index (κ2) is 6.37. The summed E-state index contributed by atoms with van der Waals surface area (Å²) in [6.45, 7) is 8.29. The van der Waals surface area contributed by atoms with Crippen molar-refractivity contribution < 1.29 is 9.47 Å². The van der Waals surface area contributed by atoms with E-state index in [1.165, 1.54) is 4.88 Å². The molecule has 2 saturated heterocycles. The van der Waals surface area contributed by atoms with Gasteiger partial charge in [0.2, 0.25) is 0 Å². The first kappa shape index (κ1) is 15.5. The van der Waals surface area contributed by atoms with Crippen LogP contribution in [-0.2, 0) is 14.9 Å². The zero-order valence-electron chi connectivity index (χ0n) is 13.2. The van der Waals surface area contributed by atoms with E-state index >= 15 is 0 Å². The van der Waals surface area contributed by atoms with E-state index in [1.54, 1.807) is 0 Å². The smallest absolute Gasteiger partial charge is 0.0741 e. The standard InChI is InChI=1S/C17H27NO2S/c1-16(2,15-4-3-11-21-15)13-18-14-5-8-20-17(12-14)6-9-19-10-7-17/h3-4,11,14,18H,5-10,12-13H2,1-2H3. The van der Waals surface area contributed by atoms with Crippen LogP contribution in [-0.4, -0.2) is 38.0 Å². The highest BCUT2D eigenvalue weighted by molar-refractivity contribution is 7.10. The molecule has 1 aromatic rings. The lowest BCUT2D eigenvalue weighted by Crippen LogP contribution is -2.51. The molecule has 0 radical (unpaired) electrons. The van der Waals surface area contributed by atoms with Crippen LogP contribution in [0, 0.1) is 0 Å². The summed E-state index contributed by atoms with van der Waals surface area (Å²) in [4.78, 5) is 1.46. The zero-order valence-corrected chi connectivity index (χ0v) is 14.0. The molecule has 21 heavy (non-hydrogen) atoms. The summed E-state index contributed by atoms with van der Waals surface area (Å²) in [6.07, 6.45) is 4.37. The van der Waals surface area contributed by atoms with Gasteiger partial charge in [-0.15, -0.1) is 11.3 Å². The molecule has 1 aromatic heterocycles. The number of ether oxygens (including phenoxy) is 2. The lowest BCUT2D eigenvalue weighted by molar-refractivity contribution is -0.140. The number of hydrogen-bond acceptors (Lipinski definition) is 4. The summed E-state index contributed by atoms with van der Waals surface area (Å²) in [6, 6.07) is 4.97. The van der Waals surface area contributed by atoms with E-state index in [0.717, 1.165) is 52.0 Å². The highest BCUT2D eigenvalue weighted by atomic mass is 32.1. The topological polar surface area (TPSA) is 30.5 Å². The minimum Gasteiger partial charge on any atom is -0.381 e. The molecule has 0 aromatic carbocycles. The molecular weight excluding hydrogens is 282 g/mol. The fourth-order valence-corrected chi connectivity index (χ4v) is 4.30. The molecule has 0 saturated carbocycles. The van der Waals surface area contributed by atoms with Crippen LogP contribution in [0.15, 0.2) is 17.5 Å². The molecule has 2 fully saturated rings. The van der Waals surface area contributed by atoms with Crippen LogP contribution in [0.25, 0.3) is 0 Å². The van der Waals surface area contributed by atoms with Crippen LogP contribution in [0.3, 0.4) is 0 Å². The largest absolute Gasteiger partial charge is 0.381 e. The van der Waals surface area contributed by atoms with Gasteiger partial charge in [0.15, 0.2) is 0 Å². The maximum absolute atomic E-state index is 6.12. The Hall–Kier alpha value is -0.420. The fraction of sp³-hybridized carbons (Fsp3) is 0.765. The molecule has 1 atom stereocenters. The molecule has 3 nitrogen and oxygen atoms in total. The highest BCUT2D eigenvalue weighted by Crippen LogP contribution is 2.35. The van der Waals surface area contributed by atoms with Crippen molar-refractivity contribution in [1.29, 1.82) is 0 Å². The third kappa shape index (κ3) is 3.67. The van der Waals surface area contributed by atoms with Gasteiger partial charge < -0.3 is 14.8 Å². The predicted octanol–water partition coefficient (Wildman–Crippen LogP) is 3.34. The van der Waals surface area contributed by atoms with Crippen molar-refractivity contribution in [2.75, 3.05) is 26.4 Å². The van der Waals surface area contributed by atoms with Crippen LogP contribution < -0.4 is 5.32 Å². The second-order valence-corrected chi connectivity index (χ2v) is 8.02. The van der Waals surface area contributed by atoms with Crippen molar-refractivity contribution in [3.63, 3.8) is 0 Å². The van der Waals surface area contributed by atoms with Crippen molar-refractivity contribution in [1.82, 2.24) is 5.32 Å². The van der Waals surface area contributed by atoms with E-state index in [0.29, 0.717) is 6.04 Å². The third-order valence-electron chi connectivity index (χ3n) is 4.92. The first-order chi connectivity index (χ1) is 10.1. The molecule has 3 heterocycles. The van der Waals surface area contributed by atoms with E-state index in [4.69, 9.17) is 9.47 Å². The van der Waals surface area contributed by atoms with Gasteiger partial charge in [0.05, 0.1) is 5.60 Å². The monoisotopic (exact) mass is 309 g/mol. The summed E-state index contributed by atoms with van der Waals surface area (Å²) >= 11 is 1.86. The number of rotatable bonds is 4. The molecule has 2 aliphatic heterocycles. The molecule has 0 aliphatic carbocycles. The Morgan fingerprint density at radius 1 is 1.33 bits per heavy atom. The van der Waals surface area contributed by atoms with Crippen molar-refractivity contribution in [3.05, 3.63) is 22.4 Å². The molecular formula is C17H27NO2S. The lowest BCUT2D eigenvalue weighted by atomic mass is 9.83. The minimum atomic E-state index is 0.0846.